The van der Waals surface area contributed by atoms with Crippen molar-refractivity contribution in [3.05, 3.63) is 33.4 Å². The number of nitro groups is 1. The molecule has 2 N–H and O–H groups in total. The minimum atomic E-state index is -3.84. The van der Waals surface area contributed by atoms with E-state index in [2.05, 4.69) is 4.72 Å². The number of non-ortho nitro benzene ring substituents is 1. The van der Waals surface area contributed by atoms with Gasteiger partial charge in [0.15, 0.2) is 0 Å². The molecule has 20 heavy (non-hydrogen) atoms. The number of sulfonamides is 1. The Kier molecular flexibility index (Phi) is 5.21. The summed E-state index contributed by atoms with van der Waals surface area (Å²) in [4.78, 5) is 10.1. The summed E-state index contributed by atoms with van der Waals surface area (Å²) in [6.07, 6.45) is 0. The fourth-order valence-corrected chi connectivity index (χ4v) is 3.09. The van der Waals surface area contributed by atoms with Crippen molar-refractivity contribution in [2.45, 2.75) is 25.7 Å². The molecule has 8 heteroatoms. The zero-order valence-electron chi connectivity index (χ0n) is 11.6. The van der Waals surface area contributed by atoms with Gasteiger partial charge in [-0.3, -0.25) is 10.1 Å². The van der Waals surface area contributed by atoms with Crippen LogP contribution >= 0.6 is 0 Å². The van der Waals surface area contributed by atoms with Gasteiger partial charge in [0.05, 0.1) is 9.82 Å². The fourth-order valence-electron chi connectivity index (χ4n) is 1.59. The molecule has 0 aromatic heterocycles. The molecule has 0 spiro atoms. The molecule has 0 aliphatic carbocycles. The Morgan fingerprint density at radius 2 is 2.00 bits per heavy atom. The average molecular weight is 302 g/mol. The molecule has 0 heterocycles. The van der Waals surface area contributed by atoms with Crippen molar-refractivity contribution in [2.75, 3.05) is 13.2 Å². The smallest absolute Gasteiger partial charge is 0.271 e. The minimum absolute atomic E-state index is 0.0695. The van der Waals surface area contributed by atoms with E-state index in [1.54, 1.807) is 20.8 Å². The van der Waals surface area contributed by atoms with E-state index in [1.165, 1.54) is 6.07 Å². The van der Waals surface area contributed by atoms with E-state index in [0.29, 0.717) is 11.1 Å². The molecule has 0 aliphatic heterocycles. The molecule has 7 nitrogen and oxygen atoms in total. The summed E-state index contributed by atoms with van der Waals surface area (Å²) in [6.45, 7) is 4.84. The number of rotatable bonds is 6. The maximum absolute atomic E-state index is 12.2. The number of hydrogen-bond donors (Lipinski definition) is 2. The maximum atomic E-state index is 12.2. The van der Waals surface area contributed by atoms with Gasteiger partial charge in [-0.15, -0.1) is 0 Å². The van der Waals surface area contributed by atoms with Crippen LogP contribution in [0.4, 0.5) is 5.69 Å². The summed E-state index contributed by atoms with van der Waals surface area (Å²) in [5, 5.41) is 19.7. The van der Waals surface area contributed by atoms with E-state index >= 15 is 0 Å². The number of nitrogens with zero attached hydrogens (tertiary/aromatic N) is 1. The van der Waals surface area contributed by atoms with Crippen LogP contribution in [0.2, 0.25) is 0 Å². The van der Waals surface area contributed by atoms with E-state index in [1.807, 2.05) is 0 Å². The molecule has 0 aliphatic rings. The molecule has 1 aromatic rings. The molecule has 1 atom stereocenters. The number of aryl methyl sites for hydroxylation is 1. The molecule has 0 saturated heterocycles. The van der Waals surface area contributed by atoms with Crippen LogP contribution in [0, 0.1) is 29.9 Å². The predicted octanol–water partition coefficient (Wildman–Crippen LogP) is 1.12. The summed E-state index contributed by atoms with van der Waals surface area (Å²) in [5.74, 6) is -0.232. The van der Waals surface area contributed by atoms with Gasteiger partial charge in [0, 0.05) is 25.3 Å². The van der Waals surface area contributed by atoms with Crippen molar-refractivity contribution in [3.63, 3.8) is 0 Å². The second-order valence-electron chi connectivity index (χ2n) is 4.78. The van der Waals surface area contributed by atoms with Crippen molar-refractivity contribution in [3.8, 4) is 0 Å². The molecule has 112 valence electrons. The zero-order chi connectivity index (χ0) is 15.5. The molecule has 0 saturated carbocycles. The van der Waals surface area contributed by atoms with E-state index < -0.39 is 14.9 Å². The Labute approximate surface area is 117 Å². The van der Waals surface area contributed by atoms with Crippen molar-refractivity contribution < 1.29 is 18.4 Å². The third kappa shape index (κ3) is 3.75. The van der Waals surface area contributed by atoms with Crippen LogP contribution < -0.4 is 4.72 Å². The highest BCUT2D eigenvalue weighted by atomic mass is 32.2. The first-order valence-electron chi connectivity index (χ1n) is 6.05. The number of aliphatic hydroxyl groups excluding tert-OH is 1. The maximum Gasteiger partial charge on any atom is 0.271 e. The van der Waals surface area contributed by atoms with Crippen LogP contribution in [0.5, 0.6) is 0 Å². The van der Waals surface area contributed by atoms with Gasteiger partial charge in [-0.1, -0.05) is 6.92 Å². The van der Waals surface area contributed by atoms with Gasteiger partial charge in [-0.25, -0.2) is 13.1 Å². The van der Waals surface area contributed by atoms with Crippen molar-refractivity contribution >= 4 is 15.7 Å². The number of nitrogens with one attached hydrogen (secondary N) is 1. The van der Waals surface area contributed by atoms with Crippen LogP contribution in [-0.2, 0) is 10.0 Å². The Morgan fingerprint density at radius 1 is 1.40 bits per heavy atom. The van der Waals surface area contributed by atoms with Gasteiger partial charge < -0.3 is 5.11 Å². The average Bonchev–Trinajstić information content (AvgIpc) is 2.38. The van der Waals surface area contributed by atoms with Crippen LogP contribution in [-0.4, -0.2) is 31.6 Å². The van der Waals surface area contributed by atoms with E-state index in [0.717, 1.165) is 6.07 Å². The van der Waals surface area contributed by atoms with E-state index in [4.69, 9.17) is 5.11 Å². The lowest BCUT2D eigenvalue weighted by Gasteiger charge is -2.13. The molecular weight excluding hydrogens is 284 g/mol. The standard InChI is InChI=1S/C12H18N2O5S/c1-8(7-15)6-13-20(18,19)12-5-11(14(16)17)4-9(2)10(12)3/h4-5,8,13,15H,6-7H2,1-3H3. The van der Waals surface area contributed by atoms with Crippen LogP contribution in [0.25, 0.3) is 0 Å². The number of aliphatic hydroxyl groups is 1. The molecule has 1 aromatic carbocycles. The van der Waals surface area contributed by atoms with Crippen molar-refractivity contribution in [1.82, 2.24) is 4.72 Å². The van der Waals surface area contributed by atoms with Gasteiger partial charge in [0.25, 0.3) is 5.69 Å². The van der Waals surface area contributed by atoms with Gasteiger partial charge in [0.2, 0.25) is 10.0 Å². The number of benzene rings is 1. The second kappa shape index (κ2) is 6.29. The third-order valence-corrected chi connectivity index (χ3v) is 4.59. The monoisotopic (exact) mass is 302 g/mol. The highest BCUT2D eigenvalue weighted by Gasteiger charge is 2.22. The molecule has 0 bridgehead atoms. The third-order valence-electron chi connectivity index (χ3n) is 3.04. The van der Waals surface area contributed by atoms with Crippen molar-refractivity contribution in [2.24, 2.45) is 5.92 Å². The van der Waals surface area contributed by atoms with Crippen LogP contribution in [0.15, 0.2) is 17.0 Å². The fraction of sp³-hybridized carbons (Fsp3) is 0.500. The van der Waals surface area contributed by atoms with Gasteiger partial charge >= 0.3 is 0 Å². The topological polar surface area (TPSA) is 110 Å². The van der Waals surface area contributed by atoms with Gasteiger partial charge in [-0.2, -0.15) is 0 Å². The highest BCUT2D eigenvalue weighted by molar-refractivity contribution is 7.89. The van der Waals surface area contributed by atoms with E-state index in [-0.39, 0.29) is 29.7 Å². The SMILES string of the molecule is Cc1cc([N+](=O)[O-])cc(S(=O)(=O)NCC(C)CO)c1C. The summed E-state index contributed by atoms with van der Waals surface area (Å²) < 4.78 is 26.7. The molecule has 1 unspecified atom stereocenters. The lowest BCUT2D eigenvalue weighted by atomic mass is 10.1. The largest absolute Gasteiger partial charge is 0.396 e. The predicted molar refractivity (Wildman–Crippen MR) is 74.0 cm³/mol. The molecule has 0 fully saturated rings. The summed E-state index contributed by atoms with van der Waals surface area (Å²) in [6, 6.07) is 2.39. The minimum Gasteiger partial charge on any atom is -0.396 e. The normalized spacial score (nSPS) is 13.2. The highest BCUT2D eigenvalue weighted by Crippen LogP contribution is 2.25. The molecule has 0 amide bonds. The van der Waals surface area contributed by atoms with Crippen molar-refractivity contribution in [1.29, 1.82) is 0 Å². The Bertz CT molecular complexity index is 613. The summed E-state index contributed by atoms with van der Waals surface area (Å²) >= 11 is 0. The first-order chi connectivity index (χ1) is 9.19. The second-order valence-corrected chi connectivity index (χ2v) is 6.52. The molecule has 1 rings (SSSR count). The lowest BCUT2D eigenvalue weighted by Crippen LogP contribution is -2.30. The molecular formula is C12H18N2O5S. The van der Waals surface area contributed by atoms with Gasteiger partial charge in [-0.05, 0) is 30.9 Å². The number of hydrogen-bond acceptors (Lipinski definition) is 5. The quantitative estimate of drug-likeness (QED) is 0.604. The Hall–Kier alpha value is -1.51. The first-order valence-corrected chi connectivity index (χ1v) is 7.53. The van der Waals surface area contributed by atoms with E-state index in [9.17, 15) is 18.5 Å². The van der Waals surface area contributed by atoms with Crippen LogP contribution in [0.1, 0.15) is 18.1 Å². The summed E-state index contributed by atoms with van der Waals surface area (Å²) in [7, 11) is -3.84. The Balaban J connectivity index is 3.20. The summed E-state index contributed by atoms with van der Waals surface area (Å²) in [5.41, 5.74) is 0.748. The lowest BCUT2D eigenvalue weighted by molar-refractivity contribution is -0.385. The van der Waals surface area contributed by atoms with Crippen LogP contribution in [0.3, 0.4) is 0 Å². The Morgan fingerprint density at radius 3 is 2.50 bits per heavy atom. The van der Waals surface area contributed by atoms with Gasteiger partial charge in [0.1, 0.15) is 0 Å². The zero-order valence-corrected chi connectivity index (χ0v) is 12.4. The molecule has 0 radical (unpaired) electrons. The first kappa shape index (κ1) is 16.5. The number of nitro benzene ring substituents is 1.